The molecule has 0 aliphatic carbocycles. The van der Waals surface area contributed by atoms with E-state index in [1.54, 1.807) is 0 Å². The van der Waals surface area contributed by atoms with Gasteiger partial charge in [-0.05, 0) is 50.9 Å². The topological polar surface area (TPSA) is 33.7 Å². The van der Waals surface area contributed by atoms with Crippen LogP contribution >= 0.6 is 0 Å². The summed E-state index contributed by atoms with van der Waals surface area (Å²) in [6, 6.07) is 7.51. The Kier molecular flexibility index (Phi) is 4.66. The largest absolute Gasteiger partial charge is 0.486 e. The van der Waals surface area contributed by atoms with E-state index < -0.39 is 0 Å². The van der Waals surface area contributed by atoms with E-state index in [0.717, 1.165) is 24.6 Å². The van der Waals surface area contributed by atoms with Crippen molar-refractivity contribution in [3.05, 3.63) is 23.8 Å². The number of rotatable bonds is 5. The molecule has 0 amide bonds. The molecule has 0 radical (unpaired) electrons. The number of ether oxygens (including phenoxy) is 2. The van der Waals surface area contributed by atoms with Crippen molar-refractivity contribution in [2.45, 2.75) is 45.3 Å². The molecule has 1 N–H and O–H groups in total. The Hall–Kier alpha value is -1.26. The zero-order chi connectivity index (χ0) is 14.7. The SMILES string of the molecule is CC(C)N(Cc1ccc2c(c1)OCCO2)CC1CCCN1. The van der Waals surface area contributed by atoms with Crippen molar-refractivity contribution in [3.63, 3.8) is 0 Å². The second-order valence-electron chi connectivity index (χ2n) is 6.29. The summed E-state index contributed by atoms with van der Waals surface area (Å²) in [5, 5.41) is 3.59. The van der Waals surface area contributed by atoms with Crippen molar-refractivity contribution in [1.29, 1.82) is 0 Å². The van der Waals surface area contributed by atoms with Crippen LogP contribution in [-0.2, 0) is 6.54 Å². The summed E-state index contributed by atoms with van der Waals surface area (Å²) < 4.78 is 11.3. The molecule has 116 valence electrons. The lowest BCUT2D eigenvalue weighted by atomic mass is 10.1. The minimum Gasteiger partial charge on any atom is -0.486 e. The Morgan fingerprint density at radius 2 is 2.05 bits per heavy atom. The molecule has 2 aliphatic rings. The lowest BCUT2D eigenvalue weighted by Crippen LogP contribution is -2.40. The van der Waals surface area contributed by atoms with Crippen molar-refractivity contribution >= 4 is 0 Å². The molecule has 4 nitrogen and oxygen atoms in total. The van der Waals surface area contributed by atoms with Gasteiger partial charge in [0.2, 0.25) is 0 Å². The van der Waals surface area contributed by atoms with Crippen molar-refractivity contribution in [3.8, 4) is 11.5 Å². The van der Waals surface area contributed by atoms with Crippen molar-refractivity contribution in [2.75, 3.05) is 26.3 Å². The van der Waals surface area contributed by atoms with Gasteiger partial charge < -0.3 is 14.8 Å². The number of nitrogens with zero attached hydrogens (tertiary/aromatic N) is 1. The fraction of sp³-hybridized carbons (Fsp3) is 0.647. The first-order valence-electron chi connectivity index (χ1n) is 8.08. The molecule has 1 saturated heterocycles. The van der Waals surface area contributed by atoms with Crippen LogP contribution < -0.4 is 14.8 Å². The van der Waals surface area contributed by atoms with Crippen molar-refractivity contribution in [2.24, 2.45) is 0 Å². The van der Waals surface area contributed by atoms with Crippen LogP contribution in [0.5, 0.6) is 11.5 Å². The Morgan fingerprint density at radius 1 is 1.24 bits per heavy atom. The molecular weight excluding hydrogens is 264 g/mol. The molecule has 0 bridgehead atoms. The van der Waals surface area contributed by atoms with E-state index in [2.05, 4.69) is 36.2 Å². The van der Waals surface area contributed by atoms with E-state index in [0.29, 0.717) is 25.3 Å². The normalized spacial score (nSPS) is 21.2. The highest BCUT2D eigenvalue weighted by molar-refractivity contribution is 5.43. The van der Waals surface area contributed by atoms with Crippen LogP contribution in [0.15, 0.2) is 18.2 Å². The van der Waals surface area contributed by atoms with Crippen LogP contribution in [0, 0.1) is 0 Å². The van der Waals surface area contributed by atoms with Gasteiger partial charge in [-0.1, -0.05) is 6.07 Å². The minimum atomic E-state index is 0.542. The van der Waals surface area contributed by atoms with Gasteiger partial charge in [-0.3, -0.25) is 4.90 Å². The first-order valence-corrected chi connectivity index (χ1v) is 8.08. The molecule has 1 atom stereocenters. The van der Waals surface area contributed by atoms with Crippen LogP contribution in [0.1, 0.15) is 32.3 Å². The van der Waals surface area contributed by atoms with Gasteiger partial charge in [-0.25, -0.2) is 0 Å². The summed E-state index contributed by atoms with van der Waals surface area (Å²) in [4.78, 5) is 2.54. The maximum atomic E-state index is 5.68. The van der Waals surface area contributed by atoms with Gasteiger partial charge in [-0.15, -0.1) is 0 Å². The van der Waals surface area contributed by atoms with Crippen LogP contribution in [0.25, 0.3) is 0 Å². The zero-order valence-electron chi connectivity index (χ0n) is 13.1. The van der Waals surface area contributed by atoms with E-state index in [4.69, 9.17) is 9.47 Å². The van der Waals surface area contributed by atoms with E-state index in [-0.39, 0.29) is 0 Å². The van der Waals surface area contributed by atoms with Crippen LogP contribution in [-0.4, -0.2) is 43.3 Å². The molecule has 3 rings (SSSR count). The molecule has 0 spiro atoms. The third-order valence-corrected chi connectivity index (χ3v) is 4.34. The second kappa shape index (κ2) is 6.67. The van der Waals surface area contributed by atoms with E-state index in [1.807, 2.05) is 6.07 Å². The summed E-state index contributed by atoms with van der Waals surface area (Å²) >= 11 is 0. The number of benzene rings is 1. The third-order valence-electron chi connectivity index (χ3n) is 4.34. The van der Waals surface area contributed by atoms with Gasteiger partial charge in [0.05, 0.1) is 0 Å². The fourth-order valence-electron chi connectivity index (χ4n) is 3.07. The molecule has 4 heteroatoms. The number of nitrogens with one attached hydrogen (secondary N) is 1. The van der Waals surface area contributed by atoms with Gasteiger partial charge in [0.1, 0.15) is 13.2 Å². The number of hydrogen-bond acceptors (Lipinski definition) is 4. The Labute approximate surface area is 127 Å². The minimum absolute atomic E-state index is 0.542. The smallest absolute Gasteiger partial charge is 0.161 e. The molecular formula is C17H26N2O2. The summed E-state index contributed by atoms with van der Waals surface area (Å²) in [7, 11) is 0. The zero-order valence-corrected chi connectivity index (χ0v) is 13.1. The first-order chi connectivity index (χ1) is 10.2. The van der Waals surface area contributed by atoms with E-state index in [1.165, 1.54) is 24.9 Å². The van der Waals surface area contributed by atoms with E-state index >= 15 is 0 Å². The van der Waals surface area contributed by atoms with Gasteiger partial charge in [-0.2, -0.15) is 0 Å². The average Bonchev–Trinajstić information content (AvgIpc) is 2.99. The first kappa shape index (κ1) is 14.7. The summed E-state index contributed by atoms with van der Waals surface area (Å²) in [5.74, 6) is 1.76. The molecule has 1 aromatic rings. The quantitative estimate of drug-likeness (QED) is 0.903. The van der Waals surface area contributed by atoms with Gasteiger partial charge >= 0.3 is 0 Å². The third kappa shape index (κ3) is 3.69. The second-order valence-corrected chi connectivity index (χ2v) is 6.29. The predicted molar refractivity (Wildman–Crippen MR) is 84.0 cm³/mol. The van der Waals surface area contributed by atoms with Gasteiger partial charge in [0.25, 0.3) is 0 Å². The van der Waals surface area contributed by atoms with Crippen molar-refractivity contribution in [1.82, 2.24) is 10.2 Å². The average molecular weight is 290 g/mol. The monoisotopic (exact) mass is 290 g/mol. The number of hydrogen-bond donors (Lipinski definition) is 1. The Bertz CT molecular complexity index is 470. The molecule has 2 heterocycles. The maximum Gasteiger partial charge on any atom is 0.161 e. The number of fused-ring (bicyclic) bond motifs is 1. The molecule has 2 aliphatic heterocycles. The van der Waals surface area contributed by atoms with Crippen LogP contribution in [0.2, 0.25) is 0 Å². The van der Waals surface area contributed by atoms with E-state index in [9.17, 15) is 0 Å². The van der Waals surface area contributed by atoms with Gasteiger partial charge in [0.15, 0.2) is 11.5 Å². The van der Waals surface area contributed by atoms with Crippen LogP contribution in [0.3, 0.4) is 0 Å². The molecule has 1 fully saturated rings. The highest BCUT2D eigenvalue weighted by Crippen LogP contribution is 2.31. The highest BCUT2D eigenvalue weighted by Gasteiger charge is 2.20. The molecule has 21 heavy (non-hydrogen) atoms. The molecule has 0 aromatic heterocycles. The lowest BCUT2D eigenvalue weighted by molar-refractivity contribution is 0.169. The summed E-state index contributed by atoms with van der Waals surface area (Å²) in [5.41, 5.74) is 1.30. The molecule has 1 unspecified atom stereocenters. The summed E-state index contributed by atoms with van der Waals surface area (Å²) in [6.45, 7) is 9.09. The standard InChI is InChI=1S/C17H26N2O2/c1-13(2)19(12-15-4-3-7-18-15)11-14-5-6-16-17(10-14)21-9-8-20-16/h5-6,10,13,15,18H,3-4,7-9,11-12H2,1-2H3. The van der Waals surface area contributed by atoms with Gasteiger partial charge in [0, 0.05) is 25.2 Å². The predicted octanol–water partition coefficient (Wildman–Crippen LogP) is 2.42. The Morgan fingerprint density at radius 3 is 2.76 bits per heavy atom. The maximum absolute atomic E-state index is 5.68. The highest BCUT2D eigenvalue weighted by atomic mass is 16.6. The summed E-state index contributed by atoms with van der Waals surface area (Å²) in [6.07, 6.45) is 2.60. The molecule has 0 saturated carbocycles. The van der Waals surface area contributed by atoms with Crippen LogP contribution in [0.4, 0.5) is 0 Å². The molecule has 1 aromatic carbocycles. The fourth-order valence-corrected chi connectivity index (χ4v) is 3.07. The Balaban J connectivity index is 1.67. The lowest BCUT2D eigenvalue weighted by Gasteiger charge is -2.30. The van der Waals surface area contributed by atoms with Crippen molar-refractivity contribution < 1.29 is 9.47 Å².